The lowest BCUT2D eigenvalue weighted by atomic mass is 10.2. The van der Waals surface area contributed by atoms with Gasteiger partial charge in [0.05, 0.1) is 5.75 Å². The Kier molecular flexibility index (Phi) is 6.24. The average molecular weight is 444 g/mol. The van der Waals surface area contributed by atoms with Crippen LogP contribution >= 0.6 is 23.1 Å². The monoisotopic (exact) mass is 443 g/mol. The molecule has 154 valence electrons. The molecule has 0 saturated carbocycles. The second-order valence-electron chi connectivity index (χ2n) is 6.54. The number of carbonyl (C=O) groups excluding carboxylic acids is 2. The Hall–Kier alpha value is -2.98. The molecule has 0 radical (unpaired) electrons. The lowest BCUT2D eigenvalue weighted by Gasteiger charge is -2.16. The molecule has 2 aromatic carbocycles. The first kappa shape index (κ1) is 20.3. The van der Waals surface area contributed by atoms with Gasteiger partial charge in [-0.05, 0) is 42.8 Å². The fourth-order valence-electron chi connectivity index (χ4n) is 3.01. The van der Waals surface area contributed by atoms with Crippen LogP contribution in [0.5, 0.6) is 0 Å². The Morgan fingerprint density at radius 1 is 1.17 bits per heavy atom. The molecule has 2 N–H and O–H groups in total. The lowest BCUT2D eigenvalue weighted by Crippen LogP contribution is -2.23. The van der Waals surface area contributed by atoms with E-state index in [0.717, 1.165) is 12.1 Å². The fraction of sp³-hybridized carbons (Fsp3) is 0.200. The normalized spacial score (nSPS) is 13.5. The summed E-state index contributed by atoms with van der Waals surface area (Å²) >= 11 is 2.55. The highest BCUT2D eigenvalue weighted by atomic mass is 32.2. The van der Waals surface area contributed by atoms with E-state index in [1.807, 2.05) is 12.1 Å². The Balaban J connectivity index is 1.30. The summed E-state index contributed by atoms with van der Waals surface area (Å²) in [7, 11) is 0. The third-order valence-corrected chi connectivity index (χ3v) is 6.30. The van der Waals surface area contributed by atoms with Crippen molar-refractivity contribution in [3.05, 3.63) is 54.3 Å². The number of anilines is 4. The van der Waals surface area contributed by atoms with Crippen LogP contribution in [0, 0.1) is 5.82 Å². The number of thioether (sulfide) groups is 1. The first-order valence-corrected chi connectivity index (χ1v) is 11.1. The summed E-state index contributed by atoms with van der Waals surface area (Å²) in [6.45, 7) is 0.703. The maximum atomic E-state index is 13.3. The molecule has 1 aliphatic rings. The van der Waals surface area contributed by atoms with E-state index in [-0.39, 0.29) is 23.4 Å². The summed E-state index contributed by atoms with van der Waals surface area (Å²) in [4.78, 5) is 25.9. The molecule has 30 heavy (non-hydrogen) atoms. The number of hydrogen-bond acceptors (Lipinski definition) is 7. The van der Waals surface area contributed by atoms with Crippen molar-refractivity contribution in [1.82, 2.24) is 10.2 Å². The van der Waals surface area contributed by atoms with Gasteiger partial charge in [-0.1, -0.05) is 35.2 Å². The van der Waals surface area contributed by atoms with Crippen molar-refractivity contribution in [2.24, 2.45) is 0 Å². The molecular formula is C20H18FN5O2S2. The molecule has 0 unspecified atom stereocenters. The largest absolute Gasteiger partial charge is 0.330 e. The van der Waals surface area contributed by atoms with E-state index >= 15 is 0 Å². The minimum Gasteiger partial charge on any atom is -0.330 e. The summed E-state index contributed by atoms with van der Waals surface area (Å²) < 4.78 is 13.9. The number of aromatic nitrogens is 2. The molecule has 1 saturated heterocycles. The van der Waals surface area contributed by atoms with Crippen molar-refractivity contribution in [1.29, 1.82) is 0 Å². The van der Waals surface area contributed by atoms with Crippen LogP contribution in [0.1, 0.15) is 12.8 Å². The maximum absolute atomic E-state index is 13.3. The number of amides is 2. The first-order valence-electron chi connectivity index (χ1n) is 9.26. The Bertz CT molecular complexity index is 1070. The second-order valence-corrected chi connectivity index (χ2v) is 8.74. The summed E-state index contributed by atoms with van der Waals surface area (Å²) in [6, 6.07) is 13.3. The van der Waals surface area contributed by atoms with Crippen molar-refractivity contribution < 1.29 is 14.0 Å². The van der Waals surface area contributed by atoms with Crippen LogP contribution in [-0.2, 0) is 9.59 Å². The molecule has 1 aliphatic heterocycles. The van der Waals surface area contributed by atoms with Gasteiger partial charge in [0, 0.05) is 30.0 Å². The summed E-state index contributed by atoms with van der Waals surface area (Å²) in [5.74, 6) is -0.247. The van der Waals surface area contributed by atoms with Crippen LogP contribution in [0.25, 0.3) is 0 Å². The van der Waals surface area contributed by atoms with E-state index < -0.39 is 0 Å². The summed E-state index contributed by atoms with van der Waals surface area (Å²) in [6.07, 6.45) is 1.41. The van der Waals surface area contributed by atoms with Crippen LogP contribution in [0.15, 0.2) is 52.9 Å². The van der Waals surface area contributed by atoms with Crippen LogP contribution < -0.4 is 15.5 Å². The van der Waals surface area contributed by atoms with Gasteiger partial charge in [0.15, 0.2) is 4.34 Å². The Labute approximate surface area is 180 Å². The van der Waals surface area contributed by atoms with E-state index in [4.69, 9.17) is 0 Å². The van der Waals surface area contributed by atoms with Crippen molar-refractivity contribution in [2.45, 2.75) is 17.2 Å². The molecule has 0 bridgehead atoms. The van der Waals surface area contributed by atoms with Gasteiger partial charge in [0.1, 0.15) is 5.82 Å². The summed E-state index contributed by atoms with van der Waals surface area (Å²) in [5.41, 5.74) is 2.01. The van der Waals surface area contributed by atoms with Crippen molar-refractivity contribution in [2.75, 3.05) is 27.8 Å². The molecule has 1 fully saturated rings. The average Bonchev–Trinajstić information content (AvgIpc) is 3.35. The van der Waals surface area contributed by atoms with Crippen LogP contribution in [0.4, 0.5) is 26.6 Å². The molecule has 1 aromatic heterocycles. The smallest absolute Gasteiger partial charge is 0.234 e. The van der Waals surface area contributed by atoms with E-state index in [9.17, 15) is 14.0 Å². The third kappa shape index (κ3) is 5.14. The van der Waals surface area contributed by atoms with Crippen molar-refractivity contribution in [3.63, 3.8) is 0 Å². The number of nitrogens with zero attached hydrogens (tertiary/aromatic N) is 3. The van der Waals surface area contributed by atoms with Gasteiger partial charge in [-0.25, -0.2) is 4.39 Å². The number of benzene rings is 2. The van der Waals surface area contributed by atoms with Gasteiger partial charge < -0.3 is 15.5 Å². The zero-order valence-electron chi connectivity index (χ0n) is 15.8. The van der Waals surface area contributed by atoms with Gasteiger partial charge in [0.25, 0.3) is 0 Å². The quantitative estimate of drug-likeness (QED) is 0.530. The number of halogens is 1. The Morgan fingerprint density at radius 3 is 2.80 bits per heavy atom. The predicted octanol–water partition coefficient (Wildman–Crippen LogP) is 4.28. The van der Waals surface area contributed by atoms with Gasteiger partial charge >= 0.3 is 0 Å². The van der Waals surface area contributed by atoms with Crippen molar-refractivity contribution >= 4 is 57.1 Å². The molecule has 0 aliphatic carbocycles. The minimum atomic E-state index is -0.339. The SMILES string of the molecule is O=C(CSc1nnc(Nc2cccc(F)c2)s1)Nc1cccc(N2CCCC2=O)c1. The van der Waals surface area contributed by atoms with Gasteiger partial charge in [-0.2, -0.15) is 0 Å². The number of carbonyl (C=O) groups is 2. The highest BCUT2D eigenvalue weighted by Gasteiger charge is 2.21. The maximum Gasteiger partial charge on any atom is 0.234 e. The molecule has 0 spiro atoms. The highest BCUT2D eigenvalue weighted by molar-refractivity contribution is 8.01. The molecule has 10 heteroatoms. The number of nitrogens with one attached hydrogen (secondary N) is 2. The zero-order chi connectivity index (χ0) is 20.9. The van der Waals surface area contributed by atoms with E-state index in [2.05, 4.69) is 20.8 Å². The molecule has 2 heterocycles. The van der Waals surface area contributed by atoms with Crippen LogP contribution in [-0.4, -0.2) is 34.3 Å². The van der Waals surface area contributed by atoms with Gasteiger partial charge in [0.2, 0.25) is 16.9 Å². The number of hydrogen-bond donors (Lipinski definition) is 2. The predicted molar refractivity (Wildman–Crippen MR) is 117 cm³/mol. The third-order valence-electron chi connectivity index (χ3n) is 4.32. The van der Waals surface area contributed by atoms with Crippen molar-refractivity contribution in [3.8, 4) is 0 Å². The zero-order valence-corrected chi connectivity index (χ0v) is 17.4. The van der Waals surface area contributed by atoms with Gasteiger partial charge in [-0.3, -0.25) is 9.59 Å². The second kappa shape index (κ2) is 9.23. The van der Waals surface area contributed by atoms with Gasteiger partial charge in [-0.15, -0.1) is 10.2 Å². The fourth-order valence-corrected chi connectivity index (χ4v) is 4.58. The van der Waals surface area contributed by atoms with E-state index in [1.54, 1.807) is 29.2 Å². The topological polar surface area (TPSA) is 87.2 Å². The molecule has 2 amide bonds. The lowest BCUT2D eigenvalue weighted by molar-refractivity contribution is -0.117. The molecular weight excluding hydrogens is 425 g/mol. The van der Waals surface area contributed by atoms with Crippen LogP contribution in [0.2, 0.25) is 0 Å². The van der Waals surface area contributed by atoms with E-state index in [0.29, 0.717) is 33.8 Å². The summed E-state index contributed by atoms with van der Waals surface area (Å²) in [5, 5.41) is 14.4. The van der Waals surface area contributed by atoms with E-state index in [1.165, 1.54) is 35.2 Å². The number of rotatable bonds is 7. The van der Waals surface area contributed by atoms with Crippen LogP contribution in [0.3, 0.4) is 0 Å². The molecule has 0 atom stereocenters. The molecule has 3 aromatic rings. The first-order chi connectivity index (χ1) is 14.6. The molecule has 7 nitrogen and oxygen atoms in total. The minimum absolute atomic E-state index is 0.105. The Morgan fingerprint density at radius 2 is 2.00 bits per heavy atom. The highest BCUT2D eigenvalue weighted by Crippen LogP contribution is 2.28. The molecule has 4 rings (SSSR count). The standard InChI is InChI=1S/C20H18FN5O2S2/c21-13-4-1-5-14(10-13)23-19-24-25-20(30-19)29-12-17(27)22-15-6-2-7-16(11-15)26-9-3-8-18(26)28/h1-2,4-7,10-11H,3,8-9,12H2,(H,22,27)(H,23,24).